The Morgan fingerprint density at radius 3 is 2.69 bits per heavy atom. The van der Waals surface area contributed by atoms with E-state index in [1.54, 1.807) is 12.1 Å². The van der Waals surface area contributed by atoms with E-state index >= 15 is 0 Å². The Hall–Kier alpha value is -3.26. The van der Waals surface area contributed by atoms with Crippen LogP contribution in [0.25, 0.3) is 22.4 Å². The van der Waals surface area contributed by atoms with Crippen molar-refractivity contribution in [2.45, 2.75) is 32.0 Å². The minimum Gasteiger partial charge on any atom is -0.479 e. The van der Waals surface area contributed by atoms with Crippen molar-refractivity contribution in [3.63, 3.8) is 0 Å². The van der Waals surface area contributed by atoms with Gasteiger partial charge in [-0.3, -0.25) is 4.79 Å². The van der Waals surface area contributed by atoms with Crippen molar-refractivity contribution in [2.24, 2.45) is 7.05 Å². The number of rotatable bonds is 4. The summed E-state index contributed by atoms with van der Waals surface area (Å²) in [5, 5.41) is 11.9. The van der Waals surface area contributed by atoms with Gasteiger partial charge in [0.05, 0.1) is 11.0 Å². The quantitative estimate of drug-likeness (QED) is 0.705. The van der Waals surface area contributed by atoms with Crippen LogP contribution in [0, 0.1) is 12.7 Å². The molecule has 0 aliphatic carbocycles. The average molecular weight is 397 g/mol. The molecule has 1 fully saturated rings. The summed E-state index contributed by atoms with van der Waals surface area (Å²) in [4.78, 5) is 28.1. The molecule has 1 aromatic heterocycles. The number of aliphatic carboxylic acids is 1. The second-order valence-electron chi connectivity index (χ2n) is 7.18. The van der Waals surface area contributed by atoms with Gasteiger partial charge in [-0.1, -0.05) is 12.1 Å². The van der Waals surface area contributed by atoms with Gasteiger partial charge in [0.2, 0.25) is 0 Å². The Bertz CT molecular complexity index is 1120. The molecule has 2 heterocycles. The van der Waals surface area contributed by atoms with E-state index in [0.717, 1.165) is 16.6 Å². The molecule has 0 radical (unpaired) electrons. The first-order valence-electron chi connectivity index (χ1n) is 9.25. The fourth-order valence-corrected chi connectivity index (χ4v) is 3.55. The number of halogens is 1. The lowest BCUT2D eigenvalue weighted by Gasteiger charge is -2.14. The topological polar surface area (TPSA) is 93.5 Å². The molecule has 0 bridgehead atoms. The first-order valence-corrected chi connectivity index (χ1v) is 9.25. The Morgan fingerprint density at radius 1 is 1.21 bits per heavy atom. The van der Waals surface area contributed by atoms with E-state index in [1.807, 2.05) is 30.7 Å². The number of carbonyl (C=O) groups excluding carboxylic acids is 1. The van der Waals surface area contributed by atoms with Crippen LogP contribution in [0.2, 0.25) is 0 Å². The lowest BCUT2D eigenvalue weighted by Crippen LogP contribution is -2.30. The fourth-order valence-electron chi connectivity index (χ4n) is 3.55. The van der Waals surface area contributed by atoms with Crippen LogP contribution in [-0.2, 0) is 21.4 Å². The van der Waals surface area contributed by atoms with Crippen LogP contribution in [0.1, 0.15) is 18.4 Å². The van der Waals surface area contributed by atoms with E-state index in [-0.39, 0.29) is 11.7 Å². The predicted octanol–water partition coefficient (Wildman–Crippen LogP) is 3.26. The zero-order valence-corrected chi connectivity index (χ0v) is 16.0. The number of carboxylic acids is 1. The van der Waals surface area contributed by atoms with Crippen molar-refractivity contribution in [2.75, 3.05) is 5.32 Å². The number of amides is 1. The molecule has 2 atom stereocenters. The Balaban J connectivity index is 1.61. The third-order valence-electron chi connectivity index (χ3n) is 5.18. The molecule has 1 aliphatic rings. The molecule has 4 rings (SSSR count). The number of anilines is 1. The van der Waals surface area contributed by atoms with Crippen LogP contribution < -0.4 is 5.32 Å². The summed E-state index contributed by atoms with van der Waals surface area (Å²) in [6.45, 7) is 1.86. The lowest BCUT2D eigenvalue weighted by molar-refractivity contribution is -0.150. The molecule has 0 spiro atoms. The highest BCUT2D eigenvalue weighted by molar-refractivity contribution is 5.96. The number of nitrogens with zero attached hydrogens (tertiary/aromatic N) is 2. The molecule has 29 heavy (non-hydrogen) atoms. The Kier molecular flexibility index (Phi) is 4.79. The summed E-state index contributed by atoms with van der Waals surface area (Å²) in [7, 11) is 1.85. The molecule has 3 aromatic rings. The van der Waals surface area contributed by atoms with E-state index in [2.05, 4.69) is 10.3 Å². The van der Waals surface area contributed by atoms with Crippen molar-refractivity contribution >= 4 is 28.6 Å². The highest BCUT2D eigenvalue weighted by atomic mass is 19.1. The summed E-state index contributed by atoms with van der Waals surface area (Å²) < 4.78 is 20.7. The lowest BCUT2D eigenvalue weighted by atomic mass is 10.1. The first-order chi connectivity index (χ1) is 13.8. The molecule has 1 saturated heterocycles. The highest BCUT2D eigenvalue weighted by Crippen LogP contribution is 2.29. The molecular formula is C21H20FN3O4. The maximum Gasteiger partial charge on any atom is 0.332 e. The number of aromatic nitrogens is 2. The maximum absolute atomic E-state index is 13.5. The van der Waals surface area contributed by atoms with Gasteiger partial charge in [0.15, 0.2) is 6.10 Å². The van der Waals surface area contributed by atoms with Gasteiger partial charge in [-0.15, -0.1) is 0 Å². The Labute approximate surface area is 166 Å². The molecule has 0 unspecified atom stereocenters. The second kappa shape index (κ2) is 7.29. The molecular weight excluding hydrogens is 377 g/mol. The number of nitrogens with one attached hydrogen (secondary N) is 1. The number of benzene rings is 2. The summed E-state index contributed by atoms with van der Waals surface area (Å²) in [5.41, 5.74) is 3.55. The smallest absolute Gasteiger partial charge is 0.332 e. The van der Waals surface area contributed by atoms with E-state index in [1.165, 1.54) is 12.1 Å². The third kappa shape index (κ3) is 3.58. The summed E-state index contributed by atoms with van der Waals surface area (Å²) in [5.74, 6) is -1.14. The van der Waals surface area contributed by atoms with Gasteiger partial charge in [0, 0.05) is 24.4 Å². The summed E-state index contributed by atoms with van der Waals surface area (Å²) in [6, 6.07) is 9.99. The van der Waals surface area contributed by atoms with Gasteiger partial charge in [-0.2, -0.15) is 0 Å². The van der Waals surface area contributed by atoms with Crippen LogP contribution in [-0.4, -0.2) is 38.7 Å². The molecule has 2 aromatic carbocycles. The molecule has 1 aliphatic heterocycles. The number of aryl methyl sites for hydroxylation is 2. The van der Waals surface area contributed by atoms with Crippen LogP contribution in [0.5, 0.6) is 0 Å². The average Bonchev–Trinajstić information content (AvgIpc) is 3.29. The summed E-state index contributed by atoms with van der Waals surface area (Å²) in [6.07, 6.45) is -1.07. The van der Waals surface area contributed by atoms with Gasteiger partial charge in [0.1, 0.15) is 17.7 Å². The monoisotopic (exact) mass is 397 g/mol. The van der Waals surface area contributed by atoms with Crippen molar-refractivity contribution in [1.29, 1.82) is 0 Å². The van der Waals surface area contributed by atoms with Gasteiger partial charge in [-0.25, -0.2) is 14.2 Å². The SMILES string of the molecule is Cc1ccc(-c2nc3cc(F)ccc3n2C)cc1NC(=O)[C@@H]1CC[C@H](C(=O)O)O1. The van der Waals surface area contributed by atoms with E-state index < -0.39 is 18.2 Å². The zero-order chi connectivity index (χ0) is 20.7. The fraction of sp³-hybridized carbons (Fsp3) is 0.286. The van der Waals surface area contributed by atoms with Gasteiger partial charge >= 0.3 is 5.97 Å². The van der Waals surface area contributed by atoms with Gasteiger partial charge in [-0.05, 0) is 43.5 Å². The van der Waals surface area contributed by atoms with Crippen LogP contribution >= 0.6 is 0 Å². The second-order valence-corrected chi connectivity index (χ2v) is 7.18. The predicted molar refractivity (Wildman–Crippen MR) is 105 cm³/mol. The number of hydrogen-bond acceptors (Lipinski definition) is 4. The number of imidazole rings is 1. The zero-order valence-electron chi connectivity index (χ0n) is 16.0. The molecule has 2 N–H and O–H groups in total. The van der Waals surface area contributed by atoms with Crippen molar-refractivity contribution in [1.82, 2.24) is 9.55 Å². The molecule has 7 nitrogen and oxygen atoms in total. The normalized spacial score (nSPS) is 18.9. The highest BCUT2D eigenvalue weighted by Gasteiger charge is 2.34. The minimum absolute atomic E-state index is 0.308. The van der Waals surface area contributed by atoms with E-state index in [9.17, 15) is 14.0 Å². The van der Waals surface area contributed by atoms with E-state index in [0.29, 0.717) is 29.9 Å². The largest absolute Gasteiger partial charge is 0.479 e. The van der Waals surface area contributed by atoms with Crippen LogP contribution in [0.3, 0.4) is 0 Å². The van der Waals surface area contributed by atoms with Gasteiger partial charge in [0.25, 0.3) is 5.91 Å². The standard InChI is InChI=1S/C21H20FN3O4/c1-11-3-4-12(19-23-15-10-13(22)5-6-16(15)25(19)2)9-14(11)24-20(26)17-7-8-18(29-17)21(27)28/h3-6,9-10,17-18H,7-8H2,1-2H3,(H,24,26)(H,27,28)/t17-,18+/m0/s1. The summed E-state index contributed by atoms with van der Waals surface area (Å²) >= 11 is 0. The van der Waals surface area contributed by atoms with Crippen molar-refractivity contribution in [3.05, 3.63) is 47.8 Å². The third-order valence-corrected chi connectivity index (χ3v) is 5.18. The number of carboxylic acid groups (broad SMARTS) is 1. The Morgan fingerprint density at radius 2 is 1.97 bits per heavy atom. The number of ether oxygens (including phenoxy) is 1. The maximum atomic E-state index is 13.5. The minimum atomic E-state index is -1.06. The number of carbonyl (C=O) groups is 2. The first kappa shape index (κ1) is 19.1. The van der Waals surface area contributed by atoms with Crippen LogP contribution in [0.15, 0.2) is 36.4 Å². The van der Waals surface area contributed by atoms with Gasteiger partial charge < -0.3 is 19.7 Å². The molecule has 0 saturated carbocycles. The number of fused-ring (bicyclic) bond motifs is 1. The van der Waals surface area contributed by atoms with Crippen molar-refractivity contribution in [3.8, 4) is 11.4 Å². The molecule has 8 heteroatoms. The van der Waals surface area contributed by atoms with Crippen molar-refractivity contribution < 1.29 is 23.8 Å². The van der Waals surface area contributed by atoms with E-state index in [4.69, 9.17) is 9.84 Å². The molecule has 1 amide bonds. The number of hydrogen-bond donors (Lipinski definition) is 2. The van der Waals surface area contributed by atoms with Crippen LogP contribution in [0.4, 0.5) is 10.1 Å². The molecule has 150 valence electrons.